The Kier molecular flexibility index (Phi) is 7.33. The van der Waals surface area contributed by atoms with E-state index in [9.17, 15) is 9.59 Å². The quantitative estimate of drug-likeness (QED) is 0.755. The number of carbonyl (C=O) groups is 2. The van der Waals surface area contributed by atoms with Crippen LogP contribution in [-0.4, -0.2) is 49.6 Å². The molecular weight excluding hydrogens is 380 g/mol. The second kappa shape index (κ2) is 10.1. The first-order valence-electron chi connectivity index (χ1n) is 10.4. The summed E-state index contributed by atoms with van der Waals surface area (Å²) in [5.74, 6) is 1.50. The minimum atomic E-state index is -0.0886. The van der Waals surface area contributed by atoms with Crippen LogP contribution in [0, 0.1) is 5.92 Å². The third-order valence-corrected chi connectivity index (χ3v) is 5.17. The number of nitrogens with one attached hydrogen (secondary N) is 1. The molecule has 0 aromatic heterocycles. The second-order valence-corrected chi connectivity index (χ2v) is 7.92. The molecule has 0 bridgehead atoms. The van der Waals surface area contributed by atoms with Gasteiger partial charge in [0.05, 0.1) is 19.3 Å². The van der Waals surface area contributed by atoms with Crippen LogP contribution in [0.5, 0.6) is 11.5 Å². The van der Waals surface area contributed by atoms with Gasteiger partial charge in [-0.05, 0) is 63.1 Å². The Bertz CT molecular complexity index is 864. The molecule has 1 aliphatic rings. The lowest BCUT2D eigenvalue weighted by molar-refractivity contribution is 0.0630. The molecule has 2 aromatic rings. The maximum Gasteiger partial charge on any atom is 0.257 e. The smallest absolute Gasteiger partial charge is 0.257 e. The highest BCUT2D eigenvalue weighted by Crippen LogP contribution is 2.24. The van der Waals surface area contributed by atoms with E-state index in [-0.39, 0.29) is 23.8 Å². The zero-order valence-corrected chi connectivity index (χ0v) is 17.9. The standard InChI is InChI=1S/C24H30N2O4/c1-17(2)25-23(27)19-10-12-20(13-11-19)30-16-18-7-6-14-26(15-18)24(28)21-8-4-5-9-22(21)29-3/h4-5,8-13,17-18H,6-7,14-16H2,1-3H3,(H,25,27)/t18-/m0/s1. The van der Waals surface area contributed by atoms with Crippen molar-refractivity contribution in [3.8, 4) is 11.5 Å². The molecule has 160 valence electrons. The van der Waals surface area contributed by atoms with Crippen molar-refractivity contribution in [2.75, 3.05) is 26.8 Å². The fourth-order valence-electron chi connectivity index (χ4n) is 3.64. The number of benzene rings is 2. The Labute approximate surface area is 178 Å². The van der Waals surface area contributed by atoms with Crippen LogP contribution in [0.15, 0.2) is 48.5 Å². The molecular formula is C24H30N2O4. The molecule has 3 rings (SSSR count). The second-order valence-electron chi connectivity index (χ2n) is 7.92. The summed E-state index contributed by atoms with van der Waals surface area (Å²) in [6.07, 6.45) is 1.97. The number of likely N-dealkylation sites (tertiary alicyclic amines) is 1. The molecule has 30 heavy (non-hydrogen) atoms. The van der Waals surface area contributed by atoms with E-state index >= 15 is 0 Å². The molecule has 2 aromatic carbocycles. The van der Waals surface area contributed by atoms with Gasteiger partial charge >= 0.3 is 0 Å². The Morgan fingerprint density at radius 2 is 1.87 bits per heavy atom. The SMILES string of the molecule is COc1ccccc1C(=O)N1CCC[C@H](COc2ccc(C(=O)NC(C)C)cc2)C1. The lowest BCUT2D eigenvalue weighted by Crippen LogP contribution is -2.41. The van der Waals surface area contributed by atoms with Gasteiger partial charge in [-0.15, -0.1) is 0 Å². The van der Waals surface area contributed by atoms with Crippen LogP contribution < -0.4 is 14.8 Å². The number of nitrogens with zero attached hydrogens (tertiary/aromatic N) is 1. The first-order valence-corrected chi connectivity index (χ1v) is 10.4. The van der Waals surface area contributed by atoms with E-state index in [1.807, 2.05) is 49.1 Å². The highest BCUT2D eigenvalue weighted by molar-refractivity contribution is 5.97. The van der Waals surface area contributed by atoms with Gasteiger partial charge in [-0.25, -0.2) is 0 Å². The summed E-state index contributed by atoms with van der Waals surface area (Å²) in [4.78, 5) is 26.9. The monoisotopic (exact) mass is 410 g/mol. The summed E-state index contributed by atoms with van der Waals surface area (Å²) in [5.41, 5.74) is 1.21. The predicted octanol–water partition coefficient (Wildman–Crippen LogP) is 3.76. The van der Waals surface area contributed by atoms with E-state index in [0.29, 0.717) is 30.0 Å². The molecule has 0 unspecified atom stereocenters. The van der Waals surface area contributed by atoms with Gasteiger partial charge in [0.2, 0.25) is 0 Å². The fourth-order valence-corrected chi connectivity index (χ4v) is 3.64. The molecule has 0 saturated carbocycles. The number of methoxy groups -OCH3 is 1. The highest BCUT2D eigenvalue weighted by atomic mass is 16.5. The number of amides is 2. The van der Waals surface area contributed by atoms with E-state index < -0.39 is 0 Å². The van der Waals surface area contributed by atoms with E-state index in [2.05, 4.69) is 5.32 Å². The number of carbonyl (C=O) groups excluding carboxylic acids is 2. The Hall–Kier alpha value is -3.02. The minimum Gasteiger partial charge on any atom is -0.496 e. The van der Waals surface area contributed by atoms with Gasteiger partial charge in [-0.3, -0.25) is 9.59 Å². The topological polar surface area (TPSA) is 67.9 Å². The zero-order valence-electron chi connectivity index (χ0n) is 17.9. The van der Waals surface area contributed by atoms with Crippen molar-refractivity contribution in [2.24, 2.45) is 5.92 Å². The Morgan fingerprint density at radius 1 is 1.13 bits per heavy atom. The Balaban J connectivity index is 1.55. The first kappa shape index (κ1) is 21.7. The summed E-state index contributed by atoms with van der Waals surface area (Å²) in [6.45, 7) is 5.80. The molecule has 1 N–H and O–H groups in total. The van der Waals surface area contributed by atoms with Crippen LogP contribution in [0.25, 0.3) is 0 Å². The molecule has 1 atom stereocenters. The van der Waals surface area contributed by atoms with Gasteiger partial charge in [0.25, 0.3) is 11.8 Å². The van der Waals surface area contributed by atoms with Crippen LogP contribution in [0.1, 0.15) is 47.4 Å². The van der Waals surface area contributed by atoms with Crippen LogP contribution >= 0.6 is 0 Å². The summed E-state index contributed by atoms with van der Waals surface area (Å²) in [6, 6.07) is 14.6. The van der Waals surface area contributed by atoms with E-state index in [1.54, 1.807) is 25.3 Å². The largest absolute Gasteiger partial charge is 0.496 e. The van der Waals surface area contributed by atoms with Gasteiger partial charge in [-0.1, -0.05) is 12.1 Å². The molecule has 1 heterocycles. The number of rotatable bonds is 7. The van der Waals surface area contributed by atoms with Crippen LogP contribution in [0.3, 0.4) is 0 Å². The van der Waals surface area contributed by atoms with E-state index in [4.69, 9.17) is 9.47 Å². The van der Waals surface area contributed by atoms with Crippen LogP contribution in [-0.2, 0) is 0 Å². The number of piperidine rings is 1. The van der Waals surface area contributed by atoms with Crippen LogP contribution in [0.4, 0.5) is 0 Å². The number of hydrogen-bond donors (Lipinski definition) is 1. The summed E-state index contributed by atoms with van der Waals surface area (Å²) >= 11 is 0. The van der Waals surface area contributed by atoms with Crippen molar-refractivity contribution in [3.05, 3.63) is 59.7 Å². The Morgan fingerprint density at radius 3 is 2.57 bits per heavy atom. The lowest BCUT2D eigenvalue weighted by Gasteiger charge is -2.33. The maximum atomic E-state index is 12.9. The van der Waals surface area contributed by atoms with E-state index in [0.717, 1.165) is 25.1 Å². The normalized spacial score (nSPS) is 16.3. The maximum absolute atomic E-state index is 12.9. The van der Waals surface area contributed by atoms with Crippen molar-refractivity contribution >= 4 is 11.8 Å². The van der Waals surface area contributed by atoms with Gasteiger partial charge in [0, 0.05) is 30.6 Å². The van der Waals surface area contributed by atoms with Crippen molar-refractivity contribution in [1.82, 2.24) is 10.2 Å². The van der Waals surface area contributed by atoms with Crippen LogP contribution in [0.2, 0.25) is 0 Å². The first-order chi connectivity index (χ1) is 14.5. The van der Waals surface area contributed by atoms with Crippen molar-refractivity contribution in [1.29, 1.82) is 0 Å². The molecule has 1 saturated heterocycles. The number of hydrogen-bond acceptors (Lipinski definition) is 4. The molecule has 0 aliphatic carbocycles. The average Bonchev–Trinajstić information content (AvgIpc) is 2.77. The molecule has 6 heteroatoms. The van der Waals surface area contributed by atoms with Crippen molar-refractivity contribution in [2.45, 2.75) is 32.7 Å². The number of ether oxygens (including phenoxy) is 2. The van der Waals surface area contributed by atoms with E-state index in [1.165, 1.54) is 0 Å². The highest BCUT2D eigenvalue weighted by Gasteiger charge is 2.26. The van der Waals surface area contributed by atoms with Gasteiger partial charge in [0.1, 0.15) is 11.5 Å². The predicted molar refractivity (Wildman–Crippen MR) is 116 cm³/mol. The average molecular weight is 411 g/mol. The third-order valence-electron chi connectivity index (χ3n) is 5.17. The molecule has 1 fully saturated rings. The summed E-state index contributed by atoms with van der Waals surface area (Å²) in [7, 11) is 1.58. The van der Waals surface area contributed by atoms with Crippen molar-refractivity contribution in [3.63, 3.8) is 0 Å². The lowest BCUT2D eigenvalue weighted by atomic mass is 9.98. The molecule has 1 aliphatic heterocycles. The molecule has 2 amide bonds. The zero-order chi connectivity index (χ0) is 21.5. The number of para-hydroxylation sites is 1. The minimum absolute atomic E-state index is 0.00216. The molecule has 6 nitrogen and oxygen atoms in total. The van der Waals surface area contributed by atoms with Gasteiger partial charge in [0.15, 0.2) is 0 Å². The summed E-state index contributed by atoms with van der Waals surface area (Å²) < 4.78 is 11.3. The third kappa shape index (κ3) is 5.53. The fraction of sp³-hybridized carbons (Fsp3) is 0.417. The summed E-state index contributed by atoms with van der Waals surface area (Å²) in [5, 5.41) is 2.87. The van der Waals surface area contributed by atoms with Gasteiger partial charge in [-0.2, -0.15) is 0 Å². The molecule has 0 spiro atoms. The van der Waals surface area contributed by atoms with Crippen molar-refractivity contribution < 1.29 is 19.1 Å². The molecule has 0 radical (unpaired) electrons. The van der Waals surface area contributed by atoms with Gasteiger partial charge < -0.3 is 19.7 Å².